The van der Waals surface area contributed by atoms with Crippen molar-refractivity contribution in [2.75, 3.05) is 83.6 Å². The second-order valence-corrected chi connectivity index (χ2v) is 25.1. The molecule has 14 heterocycles. The van der Waals surface area contributed by atoms with Gasteiger partial charge in [0, 0.05) is 154 Å². The Kier molecular flexibility index (Phi) is 17.8. The molecule has 28 heteroatoms. The number of carbonyl (C=O) groups is 1. The molecule has 0 bridgehead atoms. The molecule has 2 saturated heterocycles. The predicted octanol–water partition coefficient (Wildman–Crippen LogP) is 11.4. The summed E-state index contributed by atoms with van der Waals surface area (Å²) in [6.45, 7) is 12.9. The number of nitrogens with one attached hydrogen (secondary N) is 6. The highest BCUT2D eigenvalue weighted by Gasteiger charge is 2.27. The molecular formula is C72H70N22O6. The molecule has 0 spiro atoms. The molecule has 12 aromatic heterocycles. The van der Waals surface area contributed by atoms with Gasteiger partial charge in [-0.05, 0) is 81.4 Å². The summed E-state index contributed by atoms with van der Waals surface area (Å²) in [5.74, 6) is 3.96. The summed E-state index contributed by atoms with van der Waals surface area (Å²) in [5.41, 5.74) is 18.0. The van der Waals surface area contributed by atoms with Crippen LogP contribution in [0.15, 0.2) is 147 Å². The van der Waals surface area contributed by atoms with Crippen molar-refractivity contribution in [3.05, 3.63) is 163 Å². The Labute approximate surface area is 571 Å². The number of para-hydroxylation sites is 3. The van der Waals surface area contributed by atoms with Crippen molar-refractivity contribution in [1.29, 1.82) is 0 Å². The fraction of sp³-hybridized carbons (Fsp3) is 0.250. The van der Waals surface area contributed by atoms with Gasteiger partial charge in [0.25, 0.3) is 0 Å². The minimum absolute atomic E-state index is 0.268. The number of anilines is 2. The van der Waals surface area contributed by atoms with Gasteiger partial charge in [0.2, 0.25) is 0 Å². The SMILES string of the molecule is COCc1cccc2[nH]c(-c3[nH]nc4ncc(-c5ccc(N6CCN(C(=O)OC(C)(C)C)CC6)nc5)cc34)nc12.COCc1cccc2[nH]c(-c3[nH]nc4ncc(-c5ccc(N6CCOCC6)nc5)cc34)nc12.COCc1cccc2[nH]c(-c3[nH]nc4ncc(-c5cncnc5)cc34)nc12. The van der Waals surface area contributed by atoms with E-state index in [1.807, 2.05) is 112 Å². The first-order valence-electron chi connectivity index (χ1n) is 32.6. The second-order valence-electron chi connectivity index (χ2n) is 25.1. The lowest BCUT2D eigenvalue weighted by molar-refractivity contribution is 0.0240. The molecule has 0 saturated carbocycles. The van der Waals surface area contributed by atoms with E-state index in [1.54, 1.807) is 51.0 Å². The van der Waals surface area contributed by atoms with E-state index in [9.17, 15) is 4.79 Å². The molecule has 15 aromatic rings. The topological polar surface area (TPSA) is 335 Å². The van der Waals surface area contributed by atoms with E-state index in [4.69, 9.17) is 43.6 Å². The van der Waals surface area contributed by atoms with Gasteiger partial charge in [-0.3, -0.25) is 15.3 Å². The highest BCUT2D eigenvalue weighted by atomic mass is 16.6. The zero-order valence-corrected chi connectivity index (χ0v) is 55.7. The van der Waals surface area contributed by atoms with E-state index in [2.05, 4.69) is 110 Å². The van der Waals surface area contributed by atoms with Gasteiger partial charge in [0.05, 0.1) is 82.3 Å². The summed E-state index contributed by atoms with van der Waals surface area (Å²) < 4.78 is 26.9. The Hall–Kier alpha value is -12.0. The van der Waals surface area contributed by atoms with Crippen LogP contribution in [0.5, 0.6) is 0 Å². The first-order valence-corrected chi connectivity index (χ1v) is 32.6. The summed E-state index contributed by atoms with van der Waals surface area (Å²) in [7, 11) is 5.04. The normalized spacial score (nSPS) is 13.6. The van der Waals surface area contributed by atoms with Crippen molar-refractivity contribution >= 4 is 83.9 Å². The third-order valence-electron chi connectivity index (χ3n) is 17.3. The number of amides is 1. The van der Waals surface area contributed by atoms with E-state index in [0.29, 0.717) is 74.6 Å². The number of imidazole rings is 3. The minimum Gasteiger partial charge on any atom is -0.444 e. The number of hydrogen-bond acceptors (Lipinski definition) is 21. The van der Waals surface area contributed by atoms with Crippen LogP contribution in [0.4, 0.5) is 16.4 Å². The van der Waals surface area contributed by atoms with E-state index in [-0.39, 0.29) is 6.09 Å². The highest BCUT2D eigenvalue weighted by Crippen LogP contribution is 2.35. The van der Waals surface area contributed by atoms with Crippen molar-refractivity contribution < 1.29 is 28.5 Å². The van der Waals surface area contributed by atoms with Crippen LogP contribution < -0.4 is 9.80 Å². The molecule has 0 aliphatic carbocycles. The van der Waals surface area contributed by atoms with Crippen molar-refractivity contribution in [2.24, 2.45) is 0 Å². The summed E-state index contributed by atoms with van der Waals surface area (Å²) in [5, 5.41) is 25.0. The van der Waals surface area contributed by atoms with Gasteiger partial charge in [-0.2, -0.15) is 15.3 Å². The summed E-state index contributed by atoms with van der Waals surface area (Å²) in [6.07, 6.45) is 13.9. The van der Waals surface area contributed by atoms with Crippen LogP contribution in [0.25, 0.3) is 134 Å². The van der Waals surface area contributed by atoms with Crippen LogP contribution in [0.2, 0.25) is 0 Å². The number of ether oxygens (including phenoxy) is 5. The van der Waals surface area contributed by atoms with E-state index >= 15 is 0 Å². The lowest BCUT2D eigenvalue weighted by Gasteiger charge is -2.36. The Balaban J connectivity index is 0.000000124. The van der Waals surface area contributed by atoms with Crippen molar-refractivity contribution in [3.63, 3.8) is 0 Å². The van der Waals surface area contributed by atoms with Crippen molar-refractivity contribution in [3.8, 4) is 67.9 Å². The highest BCUT2D eigenvalue weighted by molar-refractivity contribution is 5.97. The van der Waals surface area contributed by atoms with Gasteiger partial charge < -0.3 is 53.3 Å². The smallest absolute Gasteiger partial charge is 0.410 e. The summed E-state index contributed by atoms with van der Waals surface area (Å²) in [6, 6.07) is 32.4. The molecule has 28 nitrogen and oxygen atoms in total. The van der Waals surface area contributed by atoms with Gasteiger partial charge in [0.1, 0.15) is 40.6 Å². The number of carbonyl (C=O) groups excluding carboxylic acids is 1. The number of pyridine rings is 5. The average molecular weight is 1340 g/mol. The first kappa shape index (κ1) is 64.0. The Morgan fingerprint density at radius 1 is 0.460 bits per heavy atom. The number of methoxy groups -OCH3 is 3. The number of morpholine rings is 1. The Morgan fingerprint density at radius 2 is 0.850 bits per heavy atom. The predicted molar refractivity (Wildman–Crippen MR) is 380 cm³/mol. The molecule has 6 N–H and O–H groups in total. The standard InChI is InChI=1S/C29H32N8O3.C24H23N7O2.C19H15N7O/c1-29(2,3)40-28(38)37-12-10-36(11-13-37)23-9-8-18(15-30-23)20-14-21-25(34-35-26(21)31-16-20)27-32-22-7-5-6-19(17-39-4)24(22)33-27;1-32-14-16-3-2-4-19-21(16)28-24(27-19)22-18-11-17(13-26-23(18)30-29-22)15-5-6-20(25-12-15)31-7-9-33-10-8-31;1-27-9-11-3-2-4-15-16(11)24-19(23-15)17-14-5-12(8-22-18(14)26-25-17)13-6-20-10-21-7-13/h5-9,14-16H,10-13,17H2,1-4H3,(H,32,33)(H,31,34,35);2-6,11-13H,7-10,14H2,1H3,(H,27,28)(H,26,29,30);2-8,10H,9H2,1H3,(H,23,24)(H,22,25,26). The van der Waals surface area contributed by atoms with Gasteiger partial charge in [0.15, 0.2) is 34.4 Å². The molecule has 2 aliphatic heterocycles. The zero-order chi connectivity index (χ0) is 68.3. The molecular weight excluding hydrogens is 1270 g/mol. The minimum atomic E-state index is -0.500. The first-order chi connectivity index (χ1) is 48.9. The van der Waals surface area contributed by atoms with E-state index in [1.165, 1.54) is 6.33 Å². The molecule has 2 aliphatic rings. The fourth-order valence-electron chi connectivity index (χ4n) is 12.3. The molecule has 2 fully saturated rings. The quantitative estimate of drug-likeness (QED) is 0.0589. The lowest BCUT2D eigenvalue weighted by atomic mass is 10.1. The number of hydrogen-bond donors (Lipinski definition) is 6. The number of rotatable bonds is 14. The van der Waals surface area contributed by atoms with Gasteiger partial charge in [-0.25, -0.2) is 54.6 Å². The van der Waals surface area contributed by atoms with Gasteiger partial charge in [-0.15, -0.1) is 0 Å². The molecule has 1 amide bonds. The third kappa shape index (κ3) is 13.3. The fourth-order valence-corrected chi connectivity index (χ4v) is 12.3. The summed E-state index contributed by atoms with van der Waals surface area (Å²) in [4.78, 5) is 74.3. The van der Waals surface area contributed by atoms with Crippen LogP contribution in [-0.4, -0.2) is 186 Å². The molecule has 3 aromatic carbocycles. The molecule has 0 unspecified atom stereocenters. The Morgan fingerprint density at radius 3 is 1.23 bits per heavy atom. The largest absolute Gasteiger partial charge is 0.444 e. The maximum absolute atomic E-state index is 12.4. The maximum Gasteiger partial charge on any atom is 0.410 e. The third-order valence-corrected chi connectivity index (χ3v) is 17.3. The monoisotopic (exact) mass is 1340 g/mol. The number of aromatic amines is 6. The second kappa shape index (κ2) is 27.9. The maximum atomic E-state index is 12.4. The van der Waals surface area contributed by atoms with Crippen LogP contribution in [0, 0.1) is 0 Å². The van der Waals surface area contributed by atoms with Crippen LogP contribution in [0.1, 0.15) is 37.5 Å². The number of benzene rings is 3. The molecule has 100 heavy (non-hydrogen) atoms. The van der Waals surface area contributed by atoms with Crippen LogP contribution in [0.3, 0.4) is 0 Å². The molecule has 0 radical (unpaired) electrons. The average Bonchev–Trinajstić information content (AvgIpc) is 1.62. The number of aromatic nitrogens is 19. The molecule has 504 valence electrons. The zero-order valence-electron chi connectivity index (χ0n) is 55.7. The molecule has 17 rings (SSSR count). The number of nitrogens with zero attached hydrogens (tertiary/aromatic N) is 16. The van der Waals surface area contributed by atoms with E-state index in [0.717, 1.165) is 160 Å². The number of fused-ring (bicyclic) bond motifs is 6. The van der Waals surface area contributed by atoms with Crippen LogP contribution >= 0.6 is 0 Å². The van der Waals surface area contributed by atoms with Gasteiger partial charge >= 0.3 is 6.09 Å². The van der Waals surface area contributed by atoms with E-state index < -0.39 is 5.60 Å². The Bertz CT molecular complexity index is 5370. The van der Waals surface area contributed by atoms with Crippen molar-refractivity contribution in [1.82, 2.24) is 100 Å². The molecule has 0 atom stereocenters. The van der Waals surface area contributed by atoms with Crippen LogP contribution in [-0.2, 0) is 43.5 Å². The number of H-pyrrole nitrogens is 6. The lowest BCUT2D eigenvalue weighted by Crippen LogP contribution is -2.50. The van der Waals surface area contributed by atoms with Gasteiger partial charge in [-0.1, -0.05) is 36.4 Å². The van der Waals surface area contributed by atoms with Crippen molar-refractivity contribution in [2.45, 2.75) is 46.2 Å². The summed E-state index contributed by atoms with van der Waals surface area (Å²) >= 11 is 0. The number of piperazine rings is 1.